The number of carbonyl (C=O) groups excluding carboxylic acids is 1. The molecule has 1 rings (SSSR count). The van der Waals surface area contributed by atoms with E-state index in [1.54, 1.807) is 25.5 Å². The normalized spacial score (nSPS) is 12.5. The molecule has 0 aromatic carbocycles. The van der Waals surface area contributed by atoms with Crippen molar-refractivity contribution in [2.75, 3.05) is 0 Å². The molecular formula is C13H21N3O3. The molecule has 1 atom stereocenters. The third kappa shape index (κ3) is 3.56. The number of carbonyl (C=O) groups is 2. The van der Waals surface area contributed by atoms with Crippen molar-refractivity contribution in [2.24, 2.45) is 0 Å². The molecule has 0 saturated carbocycles. The quantitative estimate of drug-likeness (QED) is 0.840. The van der Waals surface area contributed by atoms with Gasteiger partial charge in [-0.2, -0.15) is 5.10 Å². The molecule has 0 saturated heterocycles. The van der Waals surface area contributed by atoms with E-state index < -0.39 is 12.0 Å². The highest BCUT2D eigenvalue weighted by molar-refractivity contribution is 5.80. The van der Waals surface area contributed by atoms with Gasteiger partial charge < -0.3 is 10.4 Å². The molecule has 1 aromatic heterocycles. The van der Waals surface area contributed by atoms with Crippen LogP contribution < -0.4 is 5.32 Å². The molecule has 0 aliphatic heterocycles. The lowest BCUT2D eigenvalue weighted by molar-refractivity contribution is -0.136. The van der Waals surface area contributed by atoms with Crippen LogP contribution in [0.25, 0.3) is 0 Å². The van der Waals surface area contributed by atoms with Gasteiger partial charge in [-0.25, -0.2) is 0 Å². The number of carboxylic acids is 1. The highest BCUT2D eigenvalue weighted by atomic mass is 16.4. The molecule has 106 valence electrons. The SMILES string of the molecule is Cc1nn(C(C)C(=O)NC(C)C)c(C)c1CC(=O)O. The van der Waals surface area contributed by atoms with E-state index in [1.807, 2.05) is 13.8 Å². The highest BCUT2D eigenvalue weighted by Gasteiger charge is 2.22. The number of aliphatic carboxylic acids is 1. The van der Waals surface area contributed by atoms with E-state index in [0.717, 1.165) is 5.69 Å². The maximum absolute atomic E-state index is 12.0. The lowest BCUT2D eigenvalue weighted by Gasteiger charge is -2.16. The maximum Gasteiger partial charge on any atom is 0.307 e. The third-order valence-corrected chi connectivity index (χ3v) is 2.98. The summed E-state index contributed by atoms with van der Waals surface area (Å²) in [5.41, 5.74) is 2.06. The fourth-order valence-electron chi connectivity index (χ4n) is 2.00. The molecule has 0 aliphatic rings. The van der Waals surface area contributed by atoms with Gasteiger partial charge in [0.2, 0.25) is 5.91 Å². The van der Waals surface area contributed by atoms with Crippen LogP contribution >= 0.6 is 0 Å². The Kier molecular flexibility index (Phi) is 4.69. The largest absolute Gasteiger partial charge is 0.481 e. The van der Waals surface area contributed by atoms with Crippen LogP contribution in [0, 0.1) is 13.8 Å². The molecule has 6 heteroatoms. The van der Waals surface area contributed by atoms with Crippen LogP contribution in [-0.4, -0.2) is 32.8 Å². The van der Waals surface area contributed by atoms with E-state index in [9.17, 15) is 9.59 Å². The number of amides is 1. The molecule has 19 heavy (non-hydrogen) atoms. The van der Waals surface area contributed by atoms with Gasteiger partial charge in [0.05, 0.1) is 12.1 Å². The van der Waals surface area contributed by atoms with E-state index in [2.05, 4.69) is 10.4 Å². The summed E-state index contributed by atoms with van der Waals surface area (Å²) in [7, 11) is 0. The average Bonchev–Trinajstić information content (AvgIpc) is 2.54. The highest BCUT2D eigenvalue weighted by Crippen LogP contribution is 2.18. The number of rotatable bonds is 5. The molecule has 1 aromatic rings. The number of aryl methyl sites for hydroxylation is 1. The zero-order chi connectivity index (χ0) is 14.7. The van der Waals surface area contributed by atoms with Gasteiger partial charge in [0, 0.05) is 17.3 Å². The predicted octanol–water partition coefficient (Wildman–Crippen LogP) is 1.21. The minimum atomic E-state index is -0.898. The van der Waals surface area contributed by atoms with Gasteiger partial charge >= 0.3 is 5.97 Å². The molecule has 1 amide bonds. The van der Waals surface area contributed by atoms with Gasteiger partial charge in [-0.3, -0.25) is 14.3 Å². The molecular weight excluding hydrogens is 246 g/mol. The summed E-state index contributed by atoms with van der Waals surface area (Å²) in [4.78, 5) is 22.8. The lowest BCUT2D eigenvalue weighted by Crippen LogP contribution is -2.36. The van der Waals surface area contributed by atoms with Crippen molar-refractivity contribution < 1.29 is 14.7 Å². The van der Waals surface area contributed by atoms with Crippen molar-refractivity contribution >= 4 is 11.9 Å². The first-order chi connectivity index (χ1) is 8.73. The van der Waals surface area contributed by atoms with Crippen molar-refractivity contribution in [1.82, 2.24) is 15.1 Å². The Labute approximate surface area is 112 Å². The van der Waals surface area contributed by atoms with Gasteiger partial charge in [-0.15, -0.1) is 0 Å². The van der Waals surface area contributed by atoms with E-state index in [1.165, 1.54) is 0 Å². The summed E-state index contributed by atoms with van der Waals surface area (Å²) >= 11 is 0. The first-order valence-corrected chi connectivity index (χ1v) is 6.30. The molecule has 1 unspecified atom stereocenters. The summed E-state index contributed by atoms with van der Waals surface area (Å²) in [6, 6.07) is -0.394. The summed E-state index contributed by atoms with van der Waals surface area (Å²) in [6.45, 7) is 9.08. The molecule has 0 fully saturated rings. The van der Waals surface area contributed by atoms with Crippen molar-refractivity contribution in [1.29, 1.82) is 0 Å². The Morgan fingerprint density at radius 2 is 1.89 bits per heavy atom. The topological polar surface area (TPSA) is 84.2 Å². The maximum atomic E-state index is 12.0. The van der Waals surface area contributed by atoms with Crippen LogP contribution in [0.5, 0.6) is 0 Å². The van der Waals surface area contributed by atoms with E-state index in [0.29, 0.717) is 11.3 Å². The predicted molar refractivity (Wildman–Crippen MR) is 71.0 cm³/mol. The Morgan fingerprint density at radius 3 is 2.37 bits per heavy atom. The van der Waals surface area contributed by atoms with Crippen LogP contribution in [0.2, 0.25) is 0 Å². The summed E-state index contributed by atoms with van der Waals surface area (Å²) in [5, 5.41) is 16.0. The van der Waals surface area contributed by atoms with Gasteiger partial charge in [-0.1, -0.05) is 0 Å². The summed E-state index contributed by atoms with van der Waals surface area (Å²) < 4.78 is 1.59. The molecule has 6 nitrogen and oxygen atoms in total. The van der Waals surface area contributed by atoms with E-state index in [-0.39, 0.29) is 18.4 Å². The third-order valence-electron chi connectivity index (χ3n) is 2.98. The Balaban J connectivity index is 3.01. The Hall–Kier alpha value is -1.85. The monoisotopic (exact) mass is 267 g/mol. The first-order valence-electron chi connectivity index (χ1n) is 6.30. The van der Waals surface area contributed by atoms with Crippen molar-refractivity contribution in [3.8, 4) is 0 Å². The fraction of sp³-hybridized carbons (Fsp3) is 0.615. The summed E-state index contributed by atoms with van der Waals surface area (Å²) in [5.74, 6) is -1.02. The van der Waals surface area contributed by atoms with Gasteiger partial charge in [0.15, 0.2) is 0 Å². The summed E-state index contributed by atoms with van der Waals surface area (Å²) in [6.07, 6.45) is -0.0732. The van der Waals surface area contributed by atoms with Crippen LogP contribution in [0.1, 0.15) is 43.8 Å². The van der Waals surface area contributed by atoms with Gasteiger partial charge in [0.25, 0.3) is 0 Å². The molecule has 0 aliphatic carbocycles. The molecule has 0 radical (unpaired) electrons. The van der Waals surface area contributed by atoms with Crippen LogP contribution in [0.3, 0.4) is 0 Å². The number of nitrogens with zero attached hydrogens (tertiary/aromatic N) is 2. The van der Waals surface area contributed by atoms with E-state index >= 15 is 0 Å². The molecule has 1 heterocycles. The number of aromatic nitrogens is 2. The lowest BCUT2D eigenvalue weighted by atomic mass is 10.1. The number of hydrogen-bond donors (Lipinski definition) is 2. The van der Waals surface area contributed by atoms with Gasteiger partial charge in [-0.05, 0) is 34.6 Å². The first kappa shape index (κ1) is 15.2. The smallest absolute Gasteiger partial charge is 0.307 e. The van der Waals surface area contributed by atoms with Gasteiger partial charge in [0.1, 0.15) is 6.04 Å². The van der Waals surface area contributed by atoms with Crippen molar-refractivity contribution in [3.63, 3.8) is 0 Å². The van der Waals surface area contributed by atoms with E-state index in [4.69, 9.17) is 5.11 Å². The minimum absolute atomic E-state index is 0.0606. The zero-order valence-corrected chi connectivity index (χ0v) is 12.0. The molecule has 0 bridgehead atoms. The number of carboxylic acid groups (broad SMARTS) is 1. The fourth-order valence-corrected chi connectivity index (χ4v) is 2.00. The van der Waals surface area contributed by atoms with Crippen LogP contribution in [0.15, 0.2) is 0 Å². The van der Waals surface area contributed by atoms with Crippen molar-refractivity contribution in [2.45, 2.75) is 53.1 Å². The van der Waals surface area contributed by atoms with Crippen LogP contribution in [-0.2, 0) is 16.0 Å². The standard InChI is InChI=1S/C13H21N3O3/c1-7(2)14-13(19)10(5)16-9(4)11(6-12(17)18)8(3)15-16/h7,10H,6H2,1-5H3,(H,14,19)(H,17,18). The Morgan fingerprint density at radius 1 is 1.32 bits per heavy atom. The molecule has 0 spiro atoms. The molecule has 2 N–H and O–H groups in total. The van der Waals surface area contributed by atoms with Crippen molar-refractivity contribution in [3.05, 3.63) is 17.0 Å². The number of hydrogen-bond acceptors (Lipinski definition) is 3. The second-order valence-corrected chi connectivity index (χ2v) is 5.00. The second-order valence-electron chi connectivity index (χ2n) is 5.00. The average molecular weight is 267 g/mol. The number of nitrogens with one attached hydrogen (secondary N) is 1. The second kappa shape index (κ2) is 5.86. The zero-order valence-electron chi connectivity index (χ0n) is 12.0. The minimum Gasteiger partial charge on any atom is -0.481 e. The Bertz CT molecular complexity index is 492. The van der Waals surface area contributed by atoms with Crippen LogP contribution in [0.4, 0.5) is 0 Å².